The topological polar surface area (TPSA) is 112 Å². The van der Waals surface area contributed by atoms with Crippen molar-refractivity contribution in [2.75, 3.05) is 11.9 Å². The van der Waals surface area contributed by atoms with Gasteiger partial charge in [0.05, 0.1) is 18.4 Å². The number of rotatable bonds is 3. The molecule has 3 saturated carbocycles. The minimum absolute atomic E-state index is 0.183. The van der Waals surface area contributed by atoms with Crippen LogP contribution in [0.4, 0.5) is 5.13 Å². The van der Waals surface area contributed by atoms with Crippen LogP contribution >= 0.6 is 11.3 Å². The normalized spacial score (nSPS) is 49.8. The molecule has 3 heterocycles. The summed E-state index contributed by atoms with van der Waals surface area (Å²) in [4.78, 5) is 20.0. The van der Waals surface area contributed by atoms with Gasteiger partial charge in [0.1, 0.15) is 11.5 Å². The fourth-order valence-electron chi connectivity index (χ4n) is 8.58. The number of carbonyl (C=O) groups excluding carboxylic acids is 1. The molecule has 2 spiro atoms. The highest BCUT2D eigenvalue weighted by atomic mass is 32.1. The molecule has 7 rings (SSSR count). The molecule has 6 aliphatic rings. The maximum atomic E-state index is 13.8. The van der Waals surface area contributed by atoms with Gasteiger partial charge >= 0.3 is 0 Å². The second-order valence-corrected chi connectivity index (χ2v) is 12.7. The van der Waals surface area contributed by atoms with E-state index in [-0.39, 0.29) is 35.7 Å². The van der Waals surface area contributed by atoms with Crippen molar-refractivity contribution >= 4 is 22.3 Å². The molecule has 7 nitrogen and oxygen atoms in total. The van der Waals surface area contributed by atoms with E-state index in [0.29, 0.717) is 18.4 Å². The summed E-state index contributed by atoms with van der Waals surface area (Å²) in [6, 6.07) is 0.219. The largest absolute Gasteiger partial charge is 0.391 e. The van der Waals surface area contributed by atoms with Crippen molar-refractivity contribution in [3.8, 4) is 0 Å². The molecule has 0 amide bonds. The number of fused-ring (bicyclic) bond motifs is 3. The van der Waals surface area contributed by atoms with Gasteiger partial charge in [0, 0.05) is 28.2 Å². The number of hydrogen-bond donors (Lipinski definition) is 4. The van der Waals surface area contributed by atoms with Crippen LogP contribution in [0.3, 0.4) is 0 Å². The average molecular weight is 475 g/mol. The zero-order chi connectivity index (χ0) is 23.7. The van der Waals surface area contributed by atoms with Gasteiger partial charge in [0.25, 0.3) is 0 Å². The Balaban J connectivity index is 1.65. The van der Waals surface area contributed by atoms with E-state index in [0.717, 1.165) is 28.5 Å². The lowest BCUT2D eigenvalue weighted by molar-refractivity contribution is -0.430. The monoisotopic (exact) mass is 474 g/mol. The number of aromatic nitrogens is 1. The van der Waals surface area contributed by atoms with Crippen molar-refractivity contribution in [2.24, 2.45) is 28.6 Å². The summed E-state index contributed by atoms with van der Waals surface area (Å²) >= 11 is 1.64. The smallest absolute Gasteiger partial charge is 0.208 e. The maximum Gasteiger partial charge on any atom is 0.208 e. The number of nitrogens with one attached hydrogen (secondary N) is 1. The van der Waals surface area contributed by atoms with E-state index in [9.17, 15) is 20.1 Å². The number of aliphatic hydroxyl groups excluding tert-OH is 2. The van der Waals surface area contributed by atoms with Crippen LogP contribution in [0.15, 0.2) is 12.2 Å². The van der Waals surface area contributed by atoms with Gasteiger partial charge in [0.15, 0.2) is 10.9 Å². The molecule has 4 bridgehead atoms. The quantitative estimate of drug-likeness (QED) is 0.498. The van der Waals surface area contributed by atoms with Crippen LogP contribution in [-0.2, 0) is 21.4 Å². The van der Waals surface area contributed by atoms with Crippen LogP contribution in [0.25, 0.3) is 0 Å². The lowest BCUT2D eigenvalue weighted by Gasteiger charge is -2.73. The van der Waals surface area contributed by atoms with E-state index < -0.39 is 34.7 Å². The van der Waals surface area contributed by atoms with Crippen molar-refractivity contribution in [1.82, 2.24) is 4.98 Å². The van der Waals surface area contributed by atoms with Gasteiger partial charge in [-0.3, -0.25) is 4.79 Å². The van der Waals surface area contributed by atoms with E-state index in [4.69, 9.17) is 9.72 Å². The zero-order valence-electron chi connectivity index (χ0n) is 19.7. The van der Waals surface area contributed by atoms with Crippen LogP contribution in [0.1, 0.15) is 57.5 Å². The summed E-state index contributed by atoms with van der Waals surface area (Å²) in [5.74, 6) is -3.60. The van der Waals surface area contributed by atoms with Gasteiger partial charge in [-0.1, -0.05) is 20.4 Å². The van der Waals surface area contributed by atoms with Crippen molar-refractivity contribution in [2.45, 2.75) is 82.8 Å². The number of carbonyl (C=O) groups is 1. The average Bonchev–Trinajstić information content (AvgIpc) is 3.18. The van der Waals surface area contributed by atoms with E-state index in [2.05, 4.69) is 39.6 Å². The van der Waals surface area contributed by atoms with Gasteiger partial charge < -0.3 is 25.4 Å². The lowest BCUT2D eigenvalue weighted by atomic mass is 9.36. The molecule has 1 aromatic heterocycles. The second kappa shape index (κ2) is 6.46. The van der Waals surface area contributed by atoms with Gasteiger partial charge in [-0.25, -0.2) is 4.98 Å². The van der Waals surface area contributed by atoms with Crippen LogP contribution in [0.5, 0.6) is 0 Å². The number of Topliss-reactive ketones (excluding diaryl/α,β-unsaturated/α-hetero) is 1. The number of nitrogens with zero attached hydrogens (tertiary/aromatic N) is 1. The summed E-state index contributed by atoms with van der Waals surface area (Å²) in [5.41, 5.74) is -1.45. The second-order valence-electron chi connectivity index (χ2n) is 11.6. The van der Waals surface area contributed by atoms with Crippen molar-refractivity contribution in [3.05, 3.63) is 22.7 Å². The number of hydrogen-bond acceptors (Lipinski definition) is 8. The minimum atomic E-state index is -2.14. The summed E-state index contributed by atoms with van der Waals surface area (Å²) in [5, 5.41) is 39.7. The molecule has 180 valence electrons. The predicted octanol–water partition coefficient (Wildman–Crippen LogP) is 2.40. The van der Waals surface area contributed by atoms with Gasteiger partial charge in [0.2, 0.25) is 5.79 Å². The molecule has 2 saturated heterocycles. The van der Waals surface area contributed by atoms with E-state index in [1.54, 1.807) is 11.3 Å². The highest BCUT2D eigenvalue weighted by molar-refractivity contribution is 7.15. The van der Waals surface area contributed by atoms with E-state index >= 15 is 0 Å². The molecule has 5 fully saturated rings. The maximum absolute atomic E-state index is 13.8. The molecule has 0 aromatic carbocycles. The third-order valence-corrected chi connectivity index (χ3v) is 11.0. The summed E-state index contributed by atoms with van der Waals surface area (Å²) in [7, 11) is 0. The molecule has 9 atom stereocenters. The zero-order valence-corrected chi connectivity index (χ0v) is 20.5. The summed E-state index contributed by atoms with van der Waals surface area (Å²) in [6.07, 6.45) is 0.416. The molecule has 0 radical (unpaired) electrons. The first-order chi connectivity index (χ1) is 15.5. The Hall–Kier alpha value is -1.32. The third kappa shape index (κ3) is 2.18. The third-order valence-electron chi connectivity index (χ3n) is 9.97. The lowest BCUT2D eigenvalue weighted by Crippen LogP contribution is -2.85. The molecular formula is C25H34N2O5S. The molecule has 33 heavy (non-hydrogen) atoms. The summed E-state index contributed by atoms with van der Waals surface area (Å²) in [6.45, 7) is 12.6. The highest BCUT2D eigenvalue weighted by Crippen LogP contribution is 2.76. The first-order valence-corrected chi connectivity index (χ1v) is 13.0. The fourth-order valence-corrected chi connectivity index (χ4v) is 9.98. The van der Waals surface area contributed by atoms with Crippen LogP contribution < -0.4 is 5.32 Å². The van der Waals surface area contributed by atoms with Crippen LogP contribution in [0.2, 0.25) is 0 Å². The number of anilines is 1. The van der Waals surface area contributed by atoms with E-state index in [1.165, 1.54) is 0 Å². The molecule has 8 heteroatoms. The van der Waals surface area contributed by atoms with Crippen molar-refractivity contribution in [3.63, 3.8) is 0 Å². The summed E-state index contributed by atoms with van der Waals surface area (Å²) < 4.78 is 6.13. The van der Waals surface area contributed by atoms with Gasteiger partial charge in [-0.05, 0) is 56.4 Å². The fraction of sp³-hybridized carbons (Fsp3) is 0.760. The highest BCUT2D eigenvalue weighted by Gasteiger charge is 2.86. The molecule has 1 aromatic rings. The Morgan fingerprint density at radius 1 is 1.30 bits per heavy atom. The van der Waals surface area contributed by atoms with E-state index in [1.807, 2.05) is 0 Å². The van der Waals surface area contributed by atoms with Crippen LogP contribution in [-0.4, -0.2) is 56.7 Å². The number of aliphatic hydroxyl groups is 3. The minimum Gasteiger partial charge on any atom is -0.391 e. The number of ether oxygens (including phenoxy) is 1. The molecule has 2 aliphatic heterocycles. The Morgan fingerprint density at radius 3 is 2.70 bits per heavy atom. The first-order valence-electron chi connectivity index (χ1n) is 12.2. The Morgan fingerprint density at radius 2 is 2.03 bits per heavy atom. The van der Waals surface area contributed by atoms with Gasteiger partial charge in [-0.15, -0.1) is 11.3 Å². The molecule has 4 N–H and O–H groups in total. The Labute approximate surface area is 198 Å². The molecular weight excluding hydrogens is 440 g/mol. The first kappa shape index (κ1) is 22.2. The Bertz CT molecular complexity index is 1070. The van der Waals surface area contributed by atoms with Crippen molar-refractivity contribution < 1.29 is 24.9 Å². The molecule has 0 unspecified atom stereocenters. The predicted molar refractivity (Wildman–Crippen MR) is 124 cm³/mol. The van der Waals surface area contributed by atoms with Crippen molar-refractivity contribution in [1.29, 1.82) is 0 Å². The number of ketones is 1. The number of thiazole rings is 1. The standard InChI is InChI=1S/C25H34N2O5S/c1-6-22(5)9-14-17(27-21(33-14)26-11(2)3)23-10-32-25(31,20(30)16(22)23)24-15(23)8-7-13(19(24)29)12(4)18(24)28/h11,13,15-16,19-20,29-31H,4,6-10H2,1-3,5H3,(H,26,27)/t13-,15-,16+,19+,20-,22+,23-,24-,25-/m0/s1. The van der Waals surface area contributed by atoms with Crippen LogP contribution in [0, 0.1) is 28.6 Å². The van der Waals surface area contributed by atoms with Gasteiger partial charge in [-0.2, -0.15) is 0 Å². The molecule has 4 aliphatic carbocycles. The SMILES string of the molecule is C=C1C(=O)[C@]23[C@H](O)[C@H]1CC[C@H]2[C@@]12CO[C@@]3(O)[C@@H](O)[C@@H]1[C@](C)(CC)Cc1sc(NC(C)C)nc12. The Kier molecular flexibility index (Phi) is 4.34.